The second kappa shape index (κ2) is 7.82. The van der Waals surface area contributed by atoms with Crippen LogP contribution in [-0.2, 0) is 6.18 Å². The SMILES string of the molecule is COc1ccc(C(F)(F)F)nc1.Cc1ccccc1C(C)C. The third kappa shape index (κ3) is 5.39. The van der Waals surface area contributed by atoms with E-state index in [-0.39, 0.29) is 0 Å². The smallest absolute Gasteiger partial charge is 0.433 e. The fourth-order valence-electron chi connectivity index (χ4n) is 1.90. The number of halogens is 3. The second-order valence-corrected chi connectivity index (χ2v) is 5.09. The van der Waals surface area contributed by atoms with E-state index in [1.165, 1.54) is 24.3 Å². The first kappa shape index (κ1) is 18.0. The quantitative estimate of drug-likeness (QED) is 0.758. The molecule has 0 atom stereocenters. The molecule has 0 aliphatic rings. The summed E-state index contributed by atoms with van der Waals surface area (Å²) in [6, 6.07) is 10.6. The van der Waals surface area contributed by atoms with Crippen LogP contribution in [-0.4, -0.2) is 12.1 Å². The number of ether oxygens (including phenoxy) is 1. The number of aryl methyl sites for hydroxylation is 1. The topological polar surface area (TPSA) is 22.1 Å². The van der Waals surface area contributed by atoms with Gasteiger partial charge in [-0.15, -0.1) is 0 Å². The van der Waals surface area contributed by atoms with Crippen molar-refractivity contribution in [2.75, 3.05) is 7.11 Å². The summed E-state index contributed by atoms with van der Waals surface area (Å²) in [6.45, 7) is 6.61. The van der Waals surface area contributed by atoms with Crippen LogP contribution in [0.2, 0.25) is 0 Å². The van der Waals surface area contributed by atoms with Crippen molar-refractivity contribution >= 4 is 0 Å². The molecule has 2 aromatic rings. The van der Waals surface area contributed by atoms with Gasteiger partial charge in [-0.2, -0.15) is 13.2 Å². The van der Waals surface area contributed by atoms with Crippen LogP contribution in [0.3, 0.4) is 0 Å². The van der Waals surface area contributed by atoms with E-state index in [4.69, 9.17) is 0 Å². The van der Waals surface area contributed by atoms with Gasteiger partial charge in [-0.3, -0.25) is 0 Å². The van der Waals surface area contributed by atoms with Crippen molar-refractivity contribution in [3.8, 4) is 5.75 Å². The molecule has 5 heteroatoms. The summed E-state index contributed by atoms with van der Waals surface area (Å²) in [5.41, 5.74) is 1.95. The first-order valence-electron chi connectivity index (χ1n) is 6.88. The second-order valence-electron chi connectivity index (χ2n) is 5.09. The van der Waals surface area contributed by atoms with Crippen molar-refractivity contribution < 1.29 is 17.9 Å². The zero-order valence-electron chi connectivity index (χ0n) is 13.1. The molecule has 2 nitrogen and oxygen atoms in total. The van der Waals surface area contributed by atoms with E-state index in [1.54, 1.807) is 0 Å². The fourth-order valence-corrected chi connectivity index (χ4v) is 1.90. The largest absolute Gasteiger partial charge is 0.495 e. The van der Waals surface area contributed by atoms with Crippen LogP contribution in [0.1, 0.15) is 36.6 Å². The van der Waals surface area contributed by atoms with E-state index in [1.807, 2.05) is 0 Å². The number of methoxy groups -OCH3 is 1. The predicted molar refractivity (Wildman–Crippen MR) is 81.1 cm³/mol. The summed E-state index contributed by atoms with van der Waals surface area (Å²) in [5.74, 6) is 0.962. The first-order valence-corrected chi connectivity index (χ1v) is 6.88. The lowest BCUT2D eigenvalue weighted by molar-refractivity contribution is -0.141. The van der Waals surface area contributed by atoms with Gasteiger partial charge in [0.1, 0.15) is 11.4 Å². The van der Waals surface area contributed by atoms with Gasteiger partial charge in [-0.25, -0.2) is 4.98 Å². The third-order valence-electron chi connectivity index (χ3n) is 3.07. The number of hydrogen-bond acceptors (Lipinski definition) is 2. The maximum absolute atomic E-state index is 11.9. The molecule has 0 N–H and O–H groups in total. The molecule has 0 saturated heterocycles. The summed E-state index contributed by atoms with van der Waals surface area (Å²) in [5, 5.41) is 0. The summed E-state index contributed by atoms with van der Waals surface area (Å²) in [6.07, 6.45) is -3.35. The zero-order valence-corrected chi connectivity index (χ0v) is 13.1. The fraction of sp³-hybridized carbons (Fsp3) is 0.353. The van der Waals surface area contributed by atoms with Crippen LogP contribution < -0.4 is 4.74 Å². The Labute approximate surface area is 129 Å². The molecule has 0 bridgehead atoms. The number of pyridine rings is 1. The average Bonchev–Trinajstić information content (AvgIpc) is 2.47. The predicted octanol–water partition coefficient (Wildman–Crippen LogP) is 5.23. The molecule has 0 saturated carbocycles. The number of alkyl halides is 3. The Balaban J connectivity index is 0.000000224. The van der Waals surface area contributed by atoms with E-state index in [0.29, 0.717) is 11.7 Å². The van der Waals surface area contributed by atoms with Crippen LogP contribution in [0, 0.1) is 6.92 Å². The number of hydrogen-bond donors (Lipinski definition) is 0. The van der Waals surface area contributed by atoms with Gasteiger partial charge in [0.15, 0.2) is 0 Å². The van der Waals surface area contributed by atoms with Crippen molar-refractivity contribution in [3.05, 3.63) is 59.4 Å². The highest BCUT2D eigenvalue weighted by Crippen LogP contribution is 2.27. The van der Waals surface area contributed by atoms with Crippen molar-refractivity contribution in [2.45, 2.75) is 32.9 Å². The maximum Gasteiger partial charge on any atom is 0.433 e. The van der Waals surface area contributed by atoms with Crippen molar-refractivity contribution in [2.24, 2.45) is 0 Å². The molecule has 0 fully saturated rings. The van der Waals surface area contributed by atoms with Crippen molar-refractivity contribution in [3.63, 3.8) is 0 Å². The highest BCUT2D eigenvalue weighted by molar-refractivity contribution is 5.27. The Kier molecular flexibility index (Phi) is 6.40. The number of benzene rings is 1. The van der Waals surface area contributed by atoms with Gasteiger partial charge in [0.05, 0.1) is 13.3 Å². The molecule has 0 radical (unpaired) electrons. The van der Waals surface area contributed by atoms with Crippen molar-refractivity contribution in [1.29, 1.82) is 0 Å². The Morgan fingerprint density at radius 1 is 1.05 bits per heavy atom. The summed E-state index contributed by atoms with van der Waals surface area (Å²) < 4.78 is 40.4. The van der Waals surface area contributed by atoms with E-state index in [0.717, 1.165) is 12.3 Å². The van der Waals surface area contributed by atoms with E-state index in [9.17, 15) is 13.2 Å². The maximum atomic E-state index is 11.9. The first-order chi connectivity index (χ1) is 10.3. The third-order valence-corrected chi connectivity index (χ3v) is 3.07. The Morgan fingerprint density at radius 2 is 1.68 bits per heavy atom. The van der Waals surface area contributed by atoms with Gasteiger partial charge in [0, 0.05) is 0 Å². The minimum Gasteiger partial charge on any atom is -0.495 e. The zero-order chi connectivity index (χ0) is 16.8. The lowest BCUT2D eigenvalue weighted by atomic mass is 9.99. The highest BCUT2D eigenvalue weighted by atomic mass is 19.4. The van der Waals surface area contributed by atoms with Gasteiger partial charge in [-0.1, -0.05) is 38.1 Å². The summed E-state index contributed by atoms with van der Waals surface area (Å²) in [4.78, 5) is 3.17. The number of nitrogens with zero attached hydrogens (tertiary/aromatic N) is 1. The minimum absolute atomic E-state index is 0.308. The van der Waals surface area contributed by atoms with Crippen LogP contribution in [0.25, 0.3) is 0 Å². The molecule has 0 aliphatic carbocycles. The normalized spacial score (nSPS) is 10.9. The number of rotatable bonds is 2. The lowest BCUT2D eigenvalue weighted by Gasteiger charge is -2.07. The molecular weight excluding hydrogens is 291 g/mol. The molecule has 2 rings (SSSR count). The lowest BCUT2D eigenvalue weighted by Crippen LogP contribution is -2.07. The Morgan fingerprint density at radius 3 is 2.05 bits per heavy atom. The monoisotopic (exact) mass is 311 g/mol. The molecule has 0 unspecified atom stereocenters. The number of aromatic nitrogens is 1. The molecule has 1 aromatic heterocycles. The molecule has 0 aliphatic heterocycles. The van der Waals surface area contributed by atoms with Gasteiger partial charge >= 0.3 is 6.18 Å². The van der Waals surface area contributed by atoms with E-state index >= 15 is 0 Å². The van der Waals surface area contributed by atoms with Crippen LogP contribution in [0.5, 0.6) is 5.75 Å². The highest BCUT2D eigenvalue weighted by Gasteiger charge is 2.31. The molecule has 22 heavy (non-hydrogen) atoms. The van der Waals surface area contributed by atoms with Crippen LogP contribution >= 0.6 is 0 Å². The van der Waals surface area contributed by atoms with E-state index < -0.39 is 11.9 Å². The Hall–Kier alpha value is -2.04. The summed E-state index contributed by atoms with van der Waals surface area (Å²) >= 11 is 0. The minimum atomic E-state index is -4.38. The Bertz CT molecular complexity index is 577. The molecule has 120 valence electrons. The van der Waals surface area contributed by atoms with Gasteiger partial charge < -0.3 is 4.74 Å². The van der Waals surface area contributed by atoms with E-state index in [2.05, 4.69) is 54.8 Å². The van der Waals surface area contributed by atoms with Crippen molar-refractivity contribution in [1.82, 2.24) is 4.98 Å². The molecular formula is C17H20F3NO. The molecule has 1 heterocycles. The summed E-state index contributed by atoms with van der Waals surface area (Å²) in [7, 11) is 1.37. The van der Waals surface area contributed by atoms with Gasteiger partial charge in [-0.05, 0) is 36.1 Å². The average molecular weight is 311 g/mol. The molecule has 0 amide bonds. The van der Waals surface area contributed by atoms with Crippen LogP contribution in [0.4, 0.5) is 13.2 Å². The van der Waals surface area contributed by atoms with Gasteiger partial charge in [0.25, 0.3) is 0 Å². The molecule has 0 spiro atoms. The van der Waals surface area contributed by atoms with Crippen LogP contribution in [0.15, 0.2) is 42.6 Å². The molecule has 1 aromatic carbocycles. The van der Waals surface area contributed by atoms with Gasteiger partial charge in [0.2, 0.25) is 0 Å². The standard InChI is InChI=1S/C10H14.C7H6F3NO/c1-8(2)10-7-5-4-6-9(10)3;1-12-5-2-3-6(11-4-5)7(8,9)10/h4-8H,1-3H3;2-4H,1H3.